The summed E-state index contributed by atoms with van der Waals surface area (Å²) in [6, 6.07) is 8.71. The Kier molecular flexibility index (Phi) is 5.01. The van der Waals surface area contributed by atoms with Gasteiger partial charge in [0.15, 0.2) is 10.5 Å². The Hall–Kier alpha value is -3.11. The van der Waals surface area contributed by atoms with Crippen LogP contribution >= 0.6 is 11.6 Å². The average Bonchev–Trinajstić information content (AvgIpc) is 3.24. The molecule has 0 spiro atoms. The summed E-state index contributed by atoms with van der Waals surface area (Å²) < 4.78 is 36.7. The predicted octanol–water partition coefficient (Wildman–Crippen LogP) is 4.04. The van der Waals surface area contributed by atoms with Gasteiger partial charge in [-0.2, -0.15) is 4.79 Å². The number of ether oxygens (including phenoxy) is 1. The maximum Gasteiger partial charge on any atom is 0.651 e. The van der Waals surface area contributed by atoms with Crippen LogP contribution in [0.2, 0.25) is 5.02 Å². The average molecular weight is 426 g/mol. The summed E-state index contributed by atoms with van der Waals surface area (Å²) in [5.74, 6) is -0.995. The number of hydrogen-bond donors (Lipinski definition) is 1. The van der Waals surface area contributed by atoms with Gasteiger partial charge in [-0.1, -0.05) is 29.3 Å². The van der Waals surface area contributed by atoms with E-state index in [2.05, 4.69) is 0 Å². The molecule has 0 saturated carbocycles. The monoisotopic (exact) mass is 425 g/mol. The van der Waals surface area contributed by atoms with E-state index in [1.54, 1.807) is 12.1 Å². The fourth-order valence-corrected chi connectivity index (χ4v) is 4.15. The lowest BCUT2D eigenvalue weighted by Crippen LogP contribution is -2.13. The molecule has 3 aromatic rings. The lowest BCUT2D eigenvalue weighted by Gasteiger charge is -2.09. The van der Waals surface area contributed by atoms with Gasteiger partial charge in [0, 0.05) is 17.2 Å². The Labute approximate surface area is 164 Å². The van der Waals surface area contributed by atoms with Gasteiger partial charge in [-0.25, -0.2) is 12.4 Å². The van der Waals surface area contributed by atoms with E-state index in [1.807, 2.05) is 6.92 Å². The van der Waals surface area contributed by atoms with E-state index < -0.39 is 26.8 Å². The SMILES string of the molecule is COc1cc(-c2c(Cl)ccn2S(=O)(=O)c2ccc(C)cc2)oc1[N+](=O)C(=O)O. The zero-order chi connectivity index (χ0) is 20.6. The molecule has 0 saturated heterocycles. The second-order valence-corrected chi connectivity index (χ2v) is 7.91. The third kappa shape index (κ3) is 3.27. The molecule has 0 atom stereocenters. The second-order valence-electron chi connectivity index (χ2n) is 5.69. The summed E-state index contributed by atoms with van der Waals surface area (Å²) >= 11 is 6.15. The number of methoxy groups -OCH3 is 1. The van der Waals surface area contributed by atoms with Gasteiger partial charge < -0.3 is 14.3 Å². The van der Waals surface area contributed by atoms with E-state index in [4.69, 9.17) is 25.9 Å². The van der Waals surface area contributed by atoms with Crippen molar-refractivity contribution in [1.82, 2.24) is 3.97 Å². The van der Waals surface area contributed by atoms with Crippen LogP contribution in [0.4, 0.5) is 10.7 Å². The number of carbonyl (C=O) groups is 1. The first-order chi connectivity index (χ1) is 13.2. The maximum absolute atomic E-state index is 13.0. The van der Waals surface area contributed by atoms with Crippen molar-refractivity contribution in [1.29, 1.82) is 0 Å². The number of carboxylic acid groups (broad SMARTS) is 1. The third-order valence-corrected chi connectivity index (χ3v) is 5.87. The molecule has 146 valence electrons. The van der Waals surface area contributed by atoms with Crippen LogP contribution in [0.1, 0.15) is 5.56 Å². The molecule has 0 radical (unpaired) electrons. The number of hydrogen-bond acceptors (Lipinski definition) is 6. The van der Waals surface area contributed by atoms with Gasteiger partial charge in [0.2, 0.25) is 5.75 Å². The van der Waals surface area contributed by atoms with Crippen molar-refractivity contribution in [2.24, 2.45) is 0 Å². The van der Waals surface area contributed by atoms with Crippen LogP contribution in [0.25, 0.3) is 11.5 Å². The Morgan fingerprint density at radius 3 is 2.46 bits per heavy atom. The van der Waals surface area contributed by atoms with E-state index in [0.717, 1.165) is 9.54 Å². The van der Waals surface area contributed by atoms with E-state index in [1.165, 1.54) is 37.6 Å². The quantitative estimate of drug-likeness (QED) is 0.612. The molecule has 0 aliphatic rings. The lowest BCUT2D eigenvalue weighted by molar-refractivity contribution is -0.392. The van der Waals surface area contributed by atoms with Crippen LogP contribution in [0, 0.1) is 11.8 Å². The summed E-state index contributed by atoms with van der Waals surface area (Å²) in [5.41, 5.74) is 0.805. The number of nitroso groups, excluding NO2 is 1. The highest BCUT2D eigenvalue weighted by Crippen LogP contribution is 2.40. The summed E-state index contributed by atoms with van der Waals surface area (Å²) in [6.07, 6.45) is -0.596. The molecule has 2 heterocycles. The van der Waals surface area contributed by atoms with Crippen LogP contribution in [0.5, 0.6) is 5.75 Å². The highest BCUT2D eigenvalue weighted by Gasteiger charge is 2.36. The molecule has 2 aromatic heterocycles. The molecular weight excluding hydrogens is 412 g/mol. The van der Waals surface area contributed by atoms with Crippen LogP contribution in [-0.4, -0.2) is 35.5 Å². The number of benzene rings is 1. The molecule has 0 fully saturated rings. The molecule has 28 heavy (non-hydrogen) atoms. The normalized spacial score (nSPS) is 11.4. The number of nitrogens with zero attached hydrogens (tertiary/aromatic N) is 2. The van der Waals surface area contributed by atoms with Crippen LogP contribution in [-0.2, 0) is 10.0 Å². The Balaban J connectivity index is 2.18. The fraction of sp³-hybridized carbons (Fsp3) is 0.118. The summed E-state index contributed by atoms with van der Waals surface area (Å²) in [7, 11) is -2.83. The van der Waals surface area contributed by atoms with Gasteiger partial charge in [-0.15, -0.1) is 0 Å². The Morgan fingerprint density at radius 2 is 1.89 bits per heavy atom. The van der Waals surface area contributed by atoms with Crippen molar-refractivity contribution in [2.75, 3.05) is 7.11 Å². The highest BCUT2D eigenvalue weighted by atomic mass is 35.5. The smallest absolute Gasteiger partial charge is 0.488 e. The number of aryl methyl sites for hydroxylation is 1. The van der Waals surface area contributed by atoms with Gasteiger partial charge in [0.05, 0.1) is 17.0 Å². The van der Waals surface area contributed by atoms with E-state index >= 15 is 0 Å². The minimum absolute atomic E-state index is 0.0151. The number of rotatable bonds is 5. The molecule has 1 amide bonds. The first kappa shape index (κ1) is 19.6. The molecule has 11 heteroatoms. The zero-order valence-electron chi connectivity index (χ0n) is 14.6. The number of amides is 1. The highest BCUT2D eigenvalue weighted by molar-refractivity contribution is 7.90. The first-order valence-corrected chi connectivity index (χ1v) is 9.56. The van der Waals surface area contributed by atoms with Crippen LogP contribution in [0.15, 0.2) is 51.9 Å². The zero-order valence-corrected chi connectivity index (χ0v) is 16.2. The standard InChI is InChI=1S/C17H13ClN2O7S/c1-10-3-5-11(6-4-10)28(24,25)19-8-7-12(18)15(19)13-9-14(26-2)16(27-13)20(23)17(21)22/h3-9H,1-2H3/p+1. The van der Waals surface area contributed by atoms with Crippen molar-refractivity contribution in [3.63, 3.8) is 0 Å². The molecule has 0 unspecified atom stereocenters. The second kappa shape index (κ2) is 7.13. The van der Waals surface area contributed by atoms with E-state index in [-0.39, 0.29) is 27.1 Å². The van der Waals surface area contributed by atoms with Crippen molar-refractivity contribution < 1.29 is 32.2 Å². The lowest BCUT2D eigenvalue weighted by atomic mass is 10.2. The number of aromatic nitrogens is 1. The van der Waals surface area contributed by atoms with Gasteiger partial charge in [-0.3, -0.25) is 0 Å². The van der Waals surface area contributed by atoms with Gasteiger partial charge >= 0.3 is 12.0 Å². The fourth-order valence-electron chi connectivity index (χ4n) is 2.50. The molecule has 9 nitrogen and oxygen atoms in total. The van der Waals surface area contributed by atoms with Crippen molar-refractivity contribution in [3.05, 3.63) is 58.1 Å². The largest absolute Gasteiger partial charge is 0.651 e. The van der Waals surface area contributed by atoms with E-state index in [9.17, 15) is 18.1 Å². The minimum Gasteiger partial charge on any atom is -0.488 e. The molecule has 0 aliphatic heterocycles. The van der Waals surface area contributed by atoms with Gasteiger partial charge in [0.1, 0.15) is 5.69 Å². The van der Waals surface area contributed by atoms with Crippen LogP contribution in [0.3, 0.4) is 0 Å². The molecular formula is C17H14ClN2O7S+. The summed E-state index contributed by atoms with van der Waals surface area (Å²) in [6.45, 7) is 1.82. The summed E-state index contributed by atoms with van der Waals surface area (Å²) in [4.78, 5) is 22.7. The minimum atomic E-state index is -4.04. The maximum atomic E-state index is 13.0. The molecule has 1 N–H and O–H groups in total. The van der Waals surface area contributed by atoms with Gasteiger partial charge in [0.25, 0.3) is 10.0 Å². The van der Waals surface area contributed by atoms with Gasteiger partial charge in [-0.05, 0) is 25.1 Å². The van der Waals surface area contributed by atoms with Crippen molar-refractivity contribution >= 4 is 33.6 Å². The molecule has 0 bridgehead atoms. The van der Waals surface area contributed by atoms with Crippen LogP contribution < -0.4 is 4.74 Å². The molecule has 3 rings (SSSR count). The number of halogens is 1. The molecule has 0 aliphatic carbocycles. The van der Waals surface area contributed by atoms with E-state index in [0.29, 0.717) is 0 Å². The molecule has 1 aromatic carbocycles. The van der Waals surface area contributed by atoms with Crippen molar-refractivity contribution in [2.45, 2.75) is 11.8 Å². The Bertz CT molecular complexity index is 1180. The topological polar surface area (TPSA) is 119 Å². The summed E-state index contributed by atoms with van der Waals surface area (Å²) in [5, 5.41) is 8.90. The third-order valence-electron chi connectivity index (χ3n) is 3.87. The Morgan fingerprint density at radius 1 is 1.25 bits per heavy atom. The van der Waals surface area contributed by atoms with Crippen molar-refractivity contribution in [3.8, 4) is 17.2 Å². The number of furan rings is 1. The predicted molar refractivity (Wildman–Crippen MR) is 98.8 cm³/mol. The first-order valence-electron chi connectivity index (χ1n) is 7.74.